The molecule has 2 N–H and O–H groups in total. The second-order valence-electron chi connectivity index (χ2n) is 7.44. The third-order valence-electron chi connectivity index (χ3n) is 6.05. The lowest BCUT2D eigenvalue weighted by atomic mass is 9.48. The Morgan fingerprint density at radius 3 is 2.40 bits per heavy atom. The van der Waals surface area contributed by atoms with Crippen LogP contribution in [0.2, 0.25) is 0 Å². The van der Waals surface area contributed by atoms with Crippen LogP contribution in [0.1, 0.15) is 38.5 Å². The molecule has 1 atom stereocenters. The van der Waals surface area contributed by atoms with Gasteiger partial charge in [0.05, 0.1) is 0 Å². The van der Waals surface area contributed by atoms with Crippen LogP contribution >= 0.6 is 0 Å². The molecular formula is C16H23N3O. The zero-order chi connectivity index (χ0) is 13.7. The van der Waals surface area contributed by atoms with E-state index in [-0.39, 0.29) is 11.7 Å². The lowest BCUT2D eigenvalue weighted by Crippen LogP contribution is -2.56. The average Bonchev–Trinajstić information content (AvgIpc) is 2.40. The summed E-state index contributed by atoms with van der Waals surface area (Å²) in [6.07, 6.45) is 11.5. The maximum absolute atomic E-state index is 11.8. The fraction of sp³-hybridized carbons (Fsp3) is 0.750. The standard InChI is InChI=1S/C16H23N3O/c17-14(10-19-3-1-2-18-15(19)20)16-7-11-4-12(8-16)6-13(5-11)9-16/h1-3,11-14H,4-10,17H2. The molecule has 5 rings (SSSR count). The van der Waals surface area contributed by atoms with E-state index in [1.807, 2.05) is 12.3 Å². The van der Waals surface area contributed by atoms with Gasteiger partial charge < -0.3 is 5.73 Å². The van der Waals surface area contributed by atoms with Crippen molar-refractivity contribution in [2.75, 3.05) is 0 Å². The molecule has 0 aromatic carbocycles. The van der Waals surface area contributed by atoms with E-state index >= 15 is 0 Å². The van der Waals surface area contributed by atoms with Crippen molar-refractivity contribution in [3.63, 3.8) is 0 Å². The monoisotopic (exact) mass is 273 g/mol. The molecule has 4 saturated carbocycles. The molecule has 0 spiro atoms. The fourth-order valence-corrected chi connectivity index (χ4v) is 5.56. The first-order valence-electron chi connectivity index (χ1n) is 7.92. The van der Waals surface area contributed by atoms with Gasteiger partial charge in [-0.05, 0) is 67.8 Å². The second kappa shape index (κ2) is 4.42. The highest BCUT2D eigenvalue weighted by atomic mass is 16.1. The van der Waals surface area contributed by atoms with E-state index in [2.05, 4.69) is 4.98 Å². The molecule has 1 heterocycles. The van der Waals surface area contributed by atoms with Crippen molar-refractivity contribution in [3.05, 3.63) is 28.9 Å². The number of rotatable bonds is 3. The van der Waals surface area contributed by atoms with E-state index in [9.17, 15) is 4.79 Å². The zero-order valence-corrected chi connectivity index (χ0v) is 11.9. The van der Waals surface area contributed by atoms with Crippen LogP contribution in [-0.2, 0) is 6.54 Å². The third kappa shape index (κ3) is 1.93. The van der Waals surface area contributed by atoms with Crippen LogP contribution in [0.3, 0.4) is 0 Å². The summed E-state index contributed by atoms with van der Waals surface area (Å²) in [6, 6.07) is 1.91. The molecule has 4 heteroatoms. The summed E-state index contributed by atoms with van der Waals surface area (Å²) in [5, 5.41) is 0. The van der Waals surface area contributed by atoms with Gasteiger partial charge >= 0.3 is 5.69 Å². The van der Waals surface area contributed by atoms with Crippen LogP contribution in [0.5, 0.6) is 0 Å². The van der Waals surface area contributed by atoms with Gasteiger partial charge in [-0.3, -0.25) is 4.57 Å². The molecule has 1 unspecified atom stereocenters. The smallest absolute Gasteiger partial charge is 0.326 e. The van der Waals surface area contributed by atoms with Crippen molar-refractivity contribution >= 4 is 0 Å². The Hall–Kier alpha value is -1.16. The number of nitrogens with zero attached hydrogens (tertiary/aromatic N) is 2. The summed E-state index contributed by atoms with van der Waals surface area (Å²) in [4.78, 5) is 15.6. The first-order valence-corrected chi connectivity index (χ1v) is 7.92. The van der Waals surface area contributed by atoms with Gasteiger partial charge in [-0.1, -0.05) is 0 Å². The molecule has 0 aliphatic heterocycles. The normalized spacial score (nSPS) is 40.0. The largest absolute Gasteiger partial charge is 0.347 e. The number of aromatic nitrogens is 2. The van der Waals surface area contributed by atoms with Gasteiger partial charge in [-0.25, -0.2) is 9.78 Å². The summed E-state index contributed by atoms with van der Waals surface area (Å²) in [6.45, 7) is 0.624. The van der Waals surface area contributed by atoms with Crippen molar-refractivity contribution in [1.82, 2.24) is 9.55 Å². The predicted octanol–water partition coefficient (Wildman–Crippen LogP) is 1.79. The fourth-order valence-electron chi connectivity index (χ4n) is 5.56. The molecule has 4 aliphatic carbocycles. The molecular weight excluding hydrogens is 250 g/mol. The van der Waals surface area contributed by atoms with Gasteiger partial charge in [0.15, 0.2) is 0 Å². The van der Waals surface area contributed by atoms with Crippen LogP contribution in [-0.4, -0.2) is 15.6 Å². The van der Waals surface area contributed by atoms with Crippen molar-refractivity contribution in [3.8, 4) is 0 Å². The lowest BCUT2D eigenvalue weighted by Gasteiger charge is -2.59. The first kappa shape index (κ1) is 12.6. The summed E-state index contributed by atoms with van der Waals surface area (Å²) in [5.74, 6) is 2.70. The van der Waals surface area contributed by atoms with Crippen LogP contribution in [0.25, 0.3) is 0 Å². The van der Waals surface area contributed by atoms with Crippen LogP contribution < -0.4 is 11.4 Å². The SMILES string of the molecule is NC(Cn1cccnc1=O)C12CC3CC(CC(C3)C1)C2. The Kier molecular flexibility index (Phi) is 2.78. The van der Waals surface area contributed by atoms with Crippen molar-refractivity contribution in [1.29, 1.82) is 0 Å². The van der Waals surface area contributed by atoms with Gasteiger partial charge in [-0.15, -0.1) is 0 Å². The van der Waals surface area contributed by atoms with E-state index < -0.39 is 0 Å². The van der Waals surface area contributed by atoms with E-state index in [1.54, 1.807) is 10.8 Å². The first-order chi connectivity index (χ1) is 9.64. The summed E-state index contributed by atoms with van der Waals surface area (Å²) in [7, 11) is 0. The van der Waals surface area contributed by atoms with E-state index in [1.165, 1.54) is 38.5 Å². The van der Waals surface area contributed by atoms with Crippen LogP contribution in [0, 0.1) is 23.2 Å². The Balaban J connectivity index is 1.58. The number of nitrogens with two attached hydrogens (primary N) is 1. The van der Waals surface area contributed by atoms with Gasteiger partial charge in [-0.2, -0.15) is 0 Å². The van der Waals surface area contributed by atoms with Gasteiger partial charge in [0.2, 0.25) is 0 Å². The van der Waals surface area contributed by atoms with Crippen molar-refractivity contribution < 1.29 is 0 Å². The van der Waals surface area contributed by atoms with E-state index in [0.717, 1.165) is 17.8 Å². The highest BCUT2D eigenvalue weighted by molar-refractivity contribution is 5.05. The maximum Gasteiger partial charge on any atom is 0.347 e. The quantitative estimate of drug-likeness (QED) is 0.913. The summed E-state index contributed by atoms with van der Waals surface area (Å²) >= 11 is 0. The van der Waals surface area contributed by atoms with Crippen LogP contribution in [0.15, 0.2) is 23.3 Å². The number of hydrogen-bond acceptors (Lipinski definition) is 3. The summed E-state index contributed by atoms with van der Waals surface area (Å²) < 4.78 is 1.68. The maximum atomic E-state index is 11.8. The molecule has 4 aliphatic rings. The van der Waals surface area contributed by atoms with Gasteiger partial charge in [0, 0.05) is 25.0 Å². The molecule has 1 aromatic rings. The average molecular weight is 273 g/mol. The molecule has 0 saturated heterocycles. The topological polar surface area (TPSA) is 60.9 Å². The molecule has 4 nitrogen and oxygen atoms in total. The van der Waals surface area contributed by atoms with Gasteiger partial charge in [0.25, 0.3) is 0 Å². The minimum absolute atomic E-state index is 0.0952. The highest BCUT2D eigenvalue weighted by Gasteiger charge is 2.53. The van der Waals surface area contributed by atoms with Crippen molar-refractivity contribution in [2.24, 2.45) is 28.9 Å². The Morgan fingerprint density at radius 1 is 1.25 bits per heavy atom. The molecule has 1 aromatic heterocycles. The molecule has 20 heavy (non-hydrogen) atoms. The molecule has 108 valence electrons. The van der Waals surface area contributed by atoms with Crippen LogP contribution in [0.4, 0.5) is 0 Å². The summed E-state index contributed by atoms with van der Waals surface area (Å²) in [5.41, 5.74) is 6.71. The number of hydrogen-bond donors (Lipinski definition) is 1. The minimum atomic E-state index is -0.173. The molecule has 0 radical (unpaired) electrons. The molecule has 4 fully saturated rings. The van der Waals surface area contributed by atoms with E-state index in [0.29, 0.717) is 12.0 Å². The third-order valence-corrected chi connectivity index (χ3v) is 6.05. The predicted molar refractivity (Wildman–Crippen MR) is 77.1 cm³/mol. The minimum Gasteiger partial charge on any atom is -0.326 e. The van der Waals surface area contributed by atoms with Crippen molar-refractivity contribution in [2.45, 2.75) is 51.1 Å². The Morgan fingerprint density at radius 2 is 1.85 bits per heavy atom. The second-order valence-corrected chi connectivity index (χ2v) is 7.44. The highest BCUT2D eigenvalue weighted by Crippen LogP contribution is 2.61. The van der Waals surface area contributed by atoms with Gasteiger partial charge in [0.1, 0.15) is 0 Å². The molecule has 4 bridgehead atoms. The Bertz CT molecular complexity index is 530. The Labute approximate surface area is 119 Å². The van der Waals surface area contributed by atoms with E-state index in [4.69, 9.17) is 5.73 Å². The zero-order valence-electron chi connectivity index (χ0n) is 11.9. The lowest BCUT2D eigenvalue weighted by molar-refractivity contribution is -0.0696. The molecule has 0 amide bonds.